The number of aromatic nitrogens is 1. The van der Waals surface area contributed by atoms with Gasteiger partial charge in [-0.3, -0.25) is 9.78 Å². The van der Waals surface area contributed by atoms with Crippen LogP contribution in [0, 0.1) is 3.57 Å². The summed E-state index contributed by atoms with van der Waals surface area (Å²) in [5.41, 5.74) is 1.74. The minimum atomic E-state index is -4.41. The van der Waals surface area contributed by atoms with E-state index >= 15 is 0 Å². The number of rotatable bonds is 6. The van der Waals surface area contributed by atoms with Crippen molar-refractivity contribution in [2.75, 3.05) is 5.32 Å². The molecule has 0 bridgehead atoms. The third-order valence-corrected chi connectivity index (χ3v) is 5.89. The Morgan fingerprint density at radius 2 is 1.83 bits per heavy atom. The van der Waals surface area contributed by atoms with Crippen LogP contribution in [0.1, 0.15) is 24.3 Å². The summed E-state index contributed by atoms with van der Waals surface area (Å²) in [6, 6.07) is 15.8. The molecule has 0 saturated heterocycles. The number of hydrogen-bond donors (Lipinski definition) is 1. The van der Waals surface area contributed by atoms with Crippen molar-refractivity contribution in [2.24, 2.45) is 0 Å². The molecule has 3 rings (SSSR count). The molecule has 1 heterocycles. The van der Waals surface area contributed by atoms with Gasteiger partial charge >= 0.3 is 6.18 Å². The molecule has 0 spiro atoms. The molecule has 3 nitrogen and oxygen atoms in total. The molecule has 0 radical (unpaired) electrons. The fraction of sp³-hybridized carbons (Fsp3) is 0.238. The predicted molar refractivity (Wildman–Crippen MR) is 117 cm³/mol. The van der Waals surface area contributed by atoms with Crippen molar-refractivity contribution in [1.29, 1.82) is 0 Å². The van der Waals surface area contributed by atoms with Gasteiger partial charge in [0.15, 0.2) is 0 Å². The summed E-state index contributed by atoms with van der Waals surface area (Å²) in [7, 11) is 0. The van der Waals surface area contributed by atoms with E-state index in [9.17, 15) is 18.0 Å². The van der Waals surface area contributed by atoms with Gasteiger partial charge in [-0.05, 0) is 46.4 Å². The van der Waals surface area contributed by atoms with E-state index in [1.165, 1.54) is 0 Å². The standard InChI is InChI=1S/C21H17ClF3IN2O/c22-16(12-21(23,24)25)15(13-5-2-1-3-6-13)11-19(29)28-18-9-8-17(26)14-7-4-10-27-20(14)18/h1-10,15-16H,11-12H2,(H,28,29). The average Bonchev–Trinajstić information content (AvgIpc) is 2.68. The van der Waals surface area contributed by atoms with Crippen molar-refractivity contribution in [3.05, 3.63) is 69.9 Å². The second-order valence-corrected chi connectivity index (χ2v) is 8.32. The van der Waals surface area contributed by atoms with Crippen LogP contribution in [0.15, 0.2) is 60.8 Å². The van der Waals surface area contributed by atoms with E-state index < -0.39 is 29.8 Å². The Kier molecular flexibility index (Phi) is 7.00. The number of benzene rings is 2. The smallest absolute Gasteiger partial charge is 0.324 e. The molecule has 1 aromatic heterocycles. The van der Waals surface area contributed by atoms with Crippen molar-refractivity contribution < 1.29 is 18.0 Å². The molecule has 2 aromatic carbocycles. The molecule has 29 heavy (non-hydrogen) atoms. The molecular weight excluding hydrogens is 516 g/mol. The summed E-state index contributed by atoms with van der Waals surface area (Å²) in [6.45, 7) is 0. The van der Waals surface area contributed by atoms with Crippen LogP contribution < -0.4 is 5.32 Å². The predicted octanol–water partition coefficient (Wildman–Crippen LogP) is 6.51. The number of amides is 1. The molecule has 8 heteroatoms. The molecule has 0 aliphatic carbocycles. The molecule has 1 N–H and O–H groups in total. The Morgan fingerprint density at radius 3 is 2.52 bits per heavy atom. The molecule has 1 amide bonds. The van der Waals surface area contributed by atoms with Crippen LogP contribution in [0.4, 0.5) is 18.9 Å². The Labute approximate surface area is 184 Å². The van der Waals surface area contributed by atoms with Crippen molar-refractivity contribution in [3.8, 4) is 0 Å². The van der Waals surface area contributed by atoms with E-state index in [-0.39, 0.29) is 6.42 Å². The number of pyridine rings is 1. The number of hydrogen-bond acceptors (Lipinski definition) is 2. The summed E-state index contributed by atoms with van der Waals surface area (Å²) in [4.78, 5) is 17.0. The molecule has 2 atom stereocenters. The lowest BCUT2D eigenvalue weighted by atomic mass is 9.90. The lowest BCUT2D eigenvalue weighted by Crippen LogP contribution is -2.25. The monoisotopic (exact) mass is 532 g/mol. The fourth-order valence-electron chi connectivity index (χ4n) is 3.16. The van der Waals surface area contributed by atoms with Gasteiger partial charge in [-0.1, -0.05) is 36.4 Å². The van der Waals surface area contributed by atoms with Gasteiger partial charge in [0.1, 0.15) is 0 Å². The Bertz CT molecular complexity index is 998. The molecule has 3 aromatic rings. The summed E-state index contributed by atoms with van der Waals surface area (Å²) in [5.74, 6) is -1.19. The van der Waals surface area contributed by atoms with Gasteiger partial charge in [0.2, 0.25) is 5.91 Å². The molecule has 0 fully saturated rings. The second kappa shape index (κ2) is 9.30. The zero-order valence-corrected chi connectivity index (χ0v) is 18.0. The fourth-order valence-corrected chi connectivity index (χ4v) is 4.18. The highest BCUT2D eigenvalue weighted by atomic mass is 127. The van der Waals surface area contributed by atoms with Gasteiger partial charge in [-0.25, -0.2) is 0 Å². The van der Waals surface area contributed by atoms with E-state index in [1.807, 2.05) is 12.1 Å². The van der Waals surface area contributed by atoms with Crippen LogP contribution >= 0.6 is 34.2 Å². The number of anilines is 1. The summed E-state index contributed by atoms with van der Waals surface area (Å²) < 4.78 is 39.6. The maximum Gasteiger partial charge on any atom is 0.390 e. The van der Waals surface area contributed by atoms with E-state index in [2.05, 4.69) is 32.9 Å². The van der Waals surface area contributed by atoms with Crippen LogP contribution in [0.3, 0.4) is 0 Å². The van der Waals surface area contributed by atoms with Crippen molar-refractivity contribution in [1.82, 2.24) is 4.98 Å². The summed E-state index contributed by atoms with van der Waals surface area (Å²) >= 11 is 8.30. The minimum Gasteiger partial charge on any atom is -0.324 e. The lowest BCUT2D eigenvalue weighted by Gasteiger charge is -2.23. The van der Waals surface area contributed by atoms with Gasteiger partial charge in [0.05, 0.1) is 17.6 Å². The molecule has 0 saturated carbocycles. The first kappa shape index (κ1) is 21.8. The average molecular weight is 533 g/mol. The Hall–Kier alpha value is -1.87. The van der Waals surface area contributed by atoms with Crippen LogP contribution in [-0.2, 0) is 4.79 Å². The number of nitrogens with one attached hydrogen (secondary N) is 1. The van der Waals surface area contributed by atoms with Gasteiger partial charge in [0.25, 0.3) is 0 Å². The molecule has 0 aliphatic heterocycles. The van der Waals surface area contributed by atoms with E-state index in [0.717, 1.165) is 8.96 Å². The van der Waals surface area contributed by atoms with Gasteiger partial charge in [0, 0.05) is 32.9 Å². The number of halogens is 5. The quantitative estimate of drug-likeness (QED) is 0.290. The Balaban J connectivity index is 1.83. The van der Waals surface area contributed by atoms with Gasteiger partial charge in [-0.2, -0.15) is 13.2 Å². The van der Waals surface area contributed by atoms with Gasteiger partial charge in [-0.15, -0.1) is 11.6 Å². The SMILES string of the molecule is O=C(CC(c1ccccc1)C(Cl)CC(F)(F)F)Nc1ccc(I)c2cccnc12. The Morgan fingerprint density at radius 1 is 1.10 bits per heavy atom. The third kappa shape index (κ3) is 5.82. The van der Waals surface area contributed by atoms with Crippen LogP contribution in [0.5, 0.6) is 0 Å². The number of carbonyl (C=O) groups is 1. The maximum absolute atomic E-state index is 12.9. The highest BCUT2D eigenvalue weighted by molar-refractivity contribution is 14.1. The normalized spacial score (nSPS) is 13.8. The maximum atomic E-state index is 12.9. The highest BCUT2D eigenvalue weighted by Crippen LogP contribution is 2.35. The molecule has 152 valence electrons. The second-order valence-electron chi connectivity index (χ2n) is 6.60. The van der Waals surface area contributed by atoms with Crippen LogP contribution in [0.2, 0.25) is 0 Å². The minimum absolute atomic E-state index is 0.172. The third-order valence-electron chi connectivity index (χ3n) is 4.49. The molecular formula is C21H17ClF3IN2O. The van der Waals surface area contributed by atoms with E-state index in [0.29, 0.717) is 16.8 Å². The lowest BCUT2D eigenvalue weighted by molar-refractivity contribution is -0.136. The number of nitrogens with zero attached hydrogens (tertiary/aromatic N) is 1. The number of carbonyl (C=O) groups excluding carboxylic acids is 1. The number of fused-ring (bicyclic) bond motifs is 1. The summed E-state index contributed by atoms with van der Waals surface area (Å²) in [5, 5.41) is 2.42. The summed E-state index contributed by atoms with van der Waals surface area (Å²) in [6.07, 6.45) is -4.13. The van der Waals surface area contributed by atoms with Crippen LogP contribution in [0.25, 0.3) is 10.9 Å². The molecule has 2 unspecified atom stereocenters. The largest absolute Gasteiger partial charge is 0.390 e. The van der Waals surface area contributed by atoms with Crippen molar-refractivity contribution in [2.45, 2.75) is 30.3 Å². The molecule has 0 aliphatic rings. The van der Waals surface area contributed by atoms with Crippen LogP contribution in [-0.4, -0.2) is 22.4 Å². The first-order chi connectivity index (χ1) is 13.7. The van der Waals surface area contributed by atoms with E-state index in [4.69, 9.17) is 11.6 Å². The first-order valence-electron chi connectivity index (χ1n) is 8.83. The first-order valence-corrected chi connectivity index (χ1v) is 10.3. The zero-order valence-electron chi connectivity index (χ0n) is 15.1. The zero-order chi connectivity index (χ0) is 21.0. The van der Waals surface area contributed by atoms with Crippen molar-refractivity contribution in [3.63, 3.8) is 0 Å². The van der Waals surface area contributed by atoms with E-state index in [1.54, 1.807) is 48.7 Å². The highest BCUT2D eigenvalue weighted by Gasteiger charge is 2.36. The number of alkyl halides is 4. The van der Waals surface area contributed by atoms with Crippen molar-refractivity contribution >= 4 is 56.7 Å². The topological polar surface area (TPSA) is 42.0 Å². The van der Waals surface area contributed by atoms with Gasteiger partial charge < -0.3 is 5.32 Å².